The van der Waals surface area contributed by atoms with E-state index >= 15 is 0 Å². The molecule has 0 amide bonds. The van der Waals surface area contributed by atoms with Crippen molar-refractivity contribution in [1.29, 1.82) is 0 Å². The predicted molar refractivity (Wildman–Crippen MR) is 86.5 cm³/mol. The van der Waals surface area contributed by atoms with Crippen LogP contribution in [0.3, 0.4) is 0 Å². The van der Waals surface area contributed by atoms with E-state index in [2.05, 4.69) is 4.72 Å². The van der Waals surface area contributed by atoms with E-state index in [-0.39, 0.29) is 17.2 Å². The topological polar surface area (TPSA) is 73.9 Å². The van der Waals surface area contributed by atoms with Gasteiger partial charge in [-0.3, -0.25) is 0 Å². The first-order chi connectivity index (χ1) is 11.4. The van der Waals surface area contributed by atoms with Gasteiger partial charge < -0.3 is 14.2 Å². The monoisotopic (exact) mass is 355 g/mol. The summed E-state index contributed by atoms with van der Waals surface area (Å²) >= 11 is 0. The summed E-state index contributed by atoms with van der Waals surface area (Å²) in [7, 11) is 0.408. The average Bonchev–Trinajstić information content (AvgIpc) is 2.59. The molecule has 2 aromatic carbocycles. The molecule has 130 valence electrons. The van der Waals surface area contributed by atoms with Gasteiger partial charge in [0.2, 0.25) is 10.0 Å². The number of rotatable bonds is 7. The number of halogens is 1. The van der Waals surface area contributed by atoms with Gasteiger partial charge in [0.25, 0.3) is 0 Å². The molecule has 0 aliphatic rings. The van der Waals surface area contributed by atoms with E-state index in [0.717, 1.165) is 6.07 Å². The van der Waals surface area contributed by atoms with Crippen molar-refractivity contribution in [3.8, 4) is 17.2 Å². The molecule has 0 atom stereocenters. The lowest BCUT2D eigenvalue weighted by molar-refractivity contribution is 0.385. The first-order valence-electron chi connectivity index (χ1n) is 6.95. The number of ether oxygens (including phenoxy) is 3. The van der Waals surface area contributed by atoms with E-state index in [4.69, 9.17) is 14.2 Å². The Balaban J connectivity index is 2.23. The minimum atomic E-state index is -3.89. The zero-order chi connectivity index (χ0) is 17.7. The van der Waals surface area contributed by atoms with Crippen LogP contribution in [0.4, 0.5) is 4.39 Å². The van der Waals surface area contributed by atoms with Gasteiger partial charge in [-0.05, 0) is 36.4 Å². The minimum absolute atomic E-state index is 0.0246. The molecular formula is C16H18FNO5S. The summed E-state index contributed by atoms with van der Waals surface area (Å²) in [6.07, 6.45) is 0. The zero-order valence-electron chi connectivity index (χ0n) is 13.5. The van der Waals surface area contributed by atoms with E-state index in [1.165, 1.54) is 33.5 Å². The van der Waals surface area contributed by atoms with Crippen molar-refractivity contribution >= 4 is 10.0 Å². The van der Waals surface area contributed by atoms with Crippen LogP contribution in [0.15, 0.2) is 41.3 Å². The summed E-state index contributed by atoms with van der Waals surface area (Å²) in [6.45, 7) is -0.0314. The van der Waals surface area contributed by atoms with E-state index in [1.54, 1.807) is 18.2 Å². The highest BCUT2D eigenvalue weighted by atomic mass is 32.2. The van der Waals surface area contributed by atoms with Crippen LogP contribution in [0.2, 0.25) is 0 Å². The molecular weight excluding hydrogens is 337 g/mol. The molecule has 0 saturated heterocycles. The van der Waals surface area contributed by atoms with Crippen LogP contribution < -0.4 is 18.9 Å². The highest BCUT2D eigenvalue weighted by molar-refractivity contribution is 7.89. The summed E-state index contributed by atoms with van der Waals surface area (Å²) in [5.74, 6) is 0.308. The molecule has 6 nitrogen and oxygen atoms in total. The van der Waals surface area contributed by atoms with Crippen LogP contribution in [0.5, 0.6) is 17.2 Å². The Bertz CT molecular complexity index is 823. The largest absolute Gasteiger partial charge is 0.497 e. The van der Waals surface area contributed by atoms with Gasteiger partial charge in [0, 0.05) is 12.1 Å². The lowest BCUT2D eigenvalue weighted by atomic mass is 10.2. The molecule has 8 heteroatoms. The average molecular weight is 355 g/mol. The fourth-order valence-corrected chi connectivity index (χ4v) is 3.11. The third-order valence-corrected chi connectivity index (χ3v) is 4.77. The Morgan fingerprint density at radius 2 is 1.62 bits per heavy atom. The van der Waals surface area contributed by atoms with Gasteiger partial charge in [0.05, 0.1) is 26.2 Å². The van der Waals surface area contributed by atoms with Crippen molar-refractivity contribution < 1.29 is 27.0 Å². The highest BCUT2D eigenvalue weighted by Crippen LogP contribution is 2.25. The molecule has 24 heavy (non-hydrogen) atoms. The Morgan fingerprint density at radius 3 is 2.21 bits per heavy atom. The van der Waals surface area contributed by atoms with Crippen molar-refractivity contribution in [3.63, 3.8) is 0 Å². The lowest BCUT2D eigenvalue weighted by Gasteiger charge is -2.12. The number of hydrogen-bond acceptors (Lipinski definition) is 5. The number of hydrogen-bond donors (Lipinski definition) is 1. The molecule has 2 rings (SSSR count). The van der Waals surface area contributed by atoms with Gasteiger partial charge in [-0.15, -0.1) is 0 Å². The van der Waals surface area contributed by atoms with Crippen LogP contribution >= 0.6 is 0 Å². The number of nitrogens with one attached hydrogen (secondary N) is 1. The molecule has 1 N–H and O–H groups in total. The number of methoxy groups -OCH3 is 3. The number of sulfonamides is 1. The maximum absolute atomic E-state index is 13.7. The van der Waals surface area contributed by atoms with Gasteiger partial charge >= 0.3 is 0 Å². The predicted octanol–water partition coefficient (Wildman–Crippen LogP) is 2.33. The molecule has 0 bridgehead atoms. The van der Waals surface area contributed by atoms with Crippen molar-refractivity contribution in [2.24, 2.45) is 0 Å². The molecule has 0 radical (unpaired) electrons. The second-order valence-electron chi connectivity index (χ2n) is 4.80. The number of benzene rings is 2. The van der Waals surface area contributed by atoms with Gasteiger partial charge in [0.15, 0.2) is 11.6 Å². The van der Waals surface area contributed by atoms with Crippen LogP contribution in [-0.4, -0.2) is 29.7 Å². The summed E-state index contributed by atoms with van der Waals surface area (Å²) in [5, 5.41) is 0. The van der Waals surface area contributed by atoms with Gasteiger partial charge in [-0.2, -0.15) is 0 Å². The molecule has 0 aromatic heterocycles. The highest BCUT2D eigenvalue weighted by Gasteiger charge is 2.17. The van der Waals surface area contributed by atoms with Crippen molar-refractivity contribution in [2.45, 2.75) is 11.4 Å². The lowest BCUT2D eigenvalue weighted by Crippen LogP contribution is -2.23. The van der Waals surface area contributed by atoms with Gasteiger partial charge in [-0.1, -0.05) is 0 Å². The fraction of sp³-hybridized carbons (Fsp3) is 0.250. The van der Waals surface area contributed by atoms with E-state index in [0.29, 0.717) is 17.1 Å². The standard InChI is InChI=1S/C16H18FNO5S/c1-21-12-4-6-15(22-2)11(8-12)10-18-24(19,20)13-5-7-16(23-3)14(17)9-13/h4-9,18H,10H2,1-3H3. The maximum Gasteiger partial charge on any atom is 0.240 e. The SMILES string of the molecule is COc1ccc(OC)c(CNS(=O)(=O)c2ccc(OC)c(F)c2)c1. The van der Waals surface area contributed by atoms with Crippen molar-refractivity contribution in [1.82, 2.24) is 4.72 Å². The Kier molecular flexibility index (Phi) is 5.63. The quantitative estimate of drug-likeness (QED) is 0.825. The van der Waals surface area contributed by atoms with Crippen molar-refractivity contribution in [2.75, 3.05) is 21.3 Å². The first kappa shape index (κ1) is 18.0. The summed E-state index contributed by atoms with van der Waals surface area (Å²) in [4.78, 5) is -0.192. The molecule has 0 saturated carbocycles. The van der Waals surface area contributed by atoms with Crippen LogP contribution in [0, 0.1) is 5.82 Å². The summed E-state index contributed by atoms with van der Waals surface area (Å²) < 4.78 is 55.9. The van der Waals surface area contributed by atoms with Crippen LogP contribution in [-0.2, 0) is 16.6 Å². The molecule has 2 aromatic rings. The minimum Gasteiger partial charge on any atom is -0.497 e. The van der Waals surface area contributed by atoms with Crippen molar-refractivity contribution in [3.05, 3.63) is 47.8 Å². The van der Waals surface area contributed by atoms with E-state index < -0.39 is 15.8 Å². The molecule has 0 spiro atoms. The van der Waals surface area contributed by atoms with Crippen LogP contribution in [0.25, 0.3) is 0 Å². The van der Waals surface area contributed by atoms with E-state index in [1.807, 2.05) is 0 Å². The molecule has 0 aliphatic carbocycles. The van der Waals surface area contributed by atoms with Gasteiger partial charge in [-0.25, -0.2) is 17.5 Å². The normalized spacial score (nSPS) is 11.2. The Labute approximate surface area is 140 Å². The summed E-state index contributed by atoms with van der Waals surface area (Å²) in [5.41, 5.74) is 0.592. The third kappa shape index (κ3) is 3.95. The Hall–Kier alpha value is -2.32. The molecule has 0 unspecified atom stereocenters. The Morgan fingerprint density at radius 1 is 0.958 bits per heavy atom. The molecule has 0 aliphatic heterocycles. The molecule has 0 fully saturated rings. The van der Waals surface area contributed by atoms with Gasteiger partial charge in [0.1, 0.15) is 11.5 Å². The maximum atomic E-state index is 13.7. The third-order valence-electron chi connectivity index (χ3n) is 3.37. The summed E-state index contributed by atoms with van der Waals surface area (Å²) in [6, 6.07) is 8.48. The second-order valence-corrected chi connectivity index (χ2v) is 6.57. The zero-order valence-corrected chi connectivity index (χ0v) is 14.3. The van der Waals surface area contributed by atoms with E-state index in [9.17, 15) is 12.8 Å². The fourth-order valence-electron chi connectivity index (χ4n) is 2.09. The second kappa shape index (κ2) is 7.50. The smallest absolute Gasteiger partial charge is 0.240 e. The van der Waals surface area contributed by atoms with Crippen LogP contribution in [0.1, 0.15) is 5.56 Å². The molecule has 0 heterocycles. The first-order valence-corrected chi connectivity index (χ1v) is 8.43.